The lowest BCUT2D eigenvalue weighted by Crippen LogP contribution is -2.23. The van der Waals surface area contributed by atoms with Crippen LogP contribution in [0.5, 0.6) is 11.6 Å². The van der Waals surface area contributed by atoms with Crippen molar-refractivity contribution >= 4 is 60.8 Å². The van der Waals surface area contributed by atoms with Crippen LogP contribution in [-0.2, 0) is 5.41 Å². The Kier molecular flexibility index (Phi) is 6.89. The molecule has 0 amide bonds. The molecule has 0 aliphatic carbocycles. The summed E-state index contributed by atoms with van der Waals surface area (Å²) < 4.78 is 15.2. The topological polar surface area (TPSA) is 59.6 Å². The van der Waals surface area contributed by atoms with Gasteiger partial charge in [0.25, 0.3) is 0 Å². The normalized spacial score (nSPS) is 13.1. The zero-order valence-corrected chi connectivity index (χ0v) is 30.0. The molecular formula is C46H37N5O2. The Labute approximate surface area is 307 Å². The minimum Gasteiger partial charge on any atom is -0.455 e. The van der Waals surface area contributed by atoms with E-state index in [-0.39, 0.29) is 5.41 Å². The van der Waals surface area contributed by atoms with E-state index in [1.807, 2.05) is 42.7 Å². The van der Waals surface area contributed by atoms with Crippen molar-refractivity contribution in [2.24, 2.45) is 0 Å². The molecule has 0 saturated carbocycles. The van der Waals surface area contributed by atoms with Gasteiger partial charge in [0.05, 0.1) is 29.1 Å². The van der Waals surface area contributed by atoms with Gasteiger partial charge >= 0.3 is 0 Å². The molecule has 258 valence electrons. The highest BCUT2D eigenvalue weighted by molar-refractivity contribution is 6.13. The minimum absolute atomic E-state index is 0.0372. The maximum Gasteiger partial charge on any atom is 0.221 e. The maximum atomic E-state index is 6.54. The number of hydrogen-bond acceptors (Lipinski definition) is 6. The number of para-hydroxylation sites is 4. The Balaban J connectivity index is 1.11. The summed E-state index contributed by atoms with van der Waals surface area (Å²) >= 11 is 0. The van der Waals surface area contributed by atoms with Crippen molar-refractivity contribution in [3.63, 3.8) is 0 Å². The number of anilines is 3. The number of hydrogen-bond donors (Lipinski definition) is 0. The third-order valence-electron chi connectivity index (χ3n) is 10.5. The molecule has 0 unspecified atom stereocenters. The summed E-state index contributed by atoms with van der Waals surface area (Å²) in [5.41, 5.74) is 10.6. The molecule has 1 aliphatic rings. The molecule has 1 aliphatic heterocycles. The fraction of sp³-hybridized carbons (Fsp3) is 0.130. The van der Waals surface area contributed by atoms with Crippen LogP contribution in [0.25, 0.3) is 60.7 Å². The van der Waals surface area contributed by atoms with Crippen molar-refractivity contribution in [1.82, 2.24) is 14.5 Å². The van der Waals surface area contributed by atoms with Crippen LogP contribution in [0, 0.1) is 0 Å². The van der Waals surface area contributed by atoms with Crippen LogP contribution in [0.1, 0.15) is 26.3 Å². The van der Waals surface area contributed by atoms with Crippen LogP contribution in [0.2, 0.25) is 0 Å². The lowest BCUT2D eigenvalue weighted by atomic mass is 9.88. The van der Waals surface area contributed by atoms with Crippen molar-refractivity contribution in [2.75, 3.05) is 23.5 Å². The van der Waals surface area contributed by atoms with E-state index in [0.29, 0.717) is 11.6 Å². The number of ether oxygens (including phenoxy) is 1. The van der Waals surface area contributed by atoms with E-state index < -0.39 is 0 Å². The predicted molar refractivity (Wildman–Crippen MR) is 216 cm³/mol. The Morgan fingerprint density at radius 3 is 2.36 bits per heavy atom. The van der Waals surface area contributed by atoms with Gasteiger partial charge in [0.15, 0.2) is 0 Å². The zero-order valence-electron chi connectivity index (χ0n) is 30.0. The minimum atomic E-state index is -0.0372. The molecule has 0 radical (unpaired) electrons. The fourth-order valence-electron chi connectivity index (χ4n) is 7.80. The van der Waals surface area contributed by atoms with Crippen LogP contribution in [0.4, 0.5) is 17.1 Å². The van der Waals surface area contributed by atoms with Gasteiger partial charge in [0.2, 0.25) is 5.88 Å². The highest BCUT2D eigenvalue weighted by Gasteiger charge is 2.25. The van der Waals surface area contributed by atoms with E-state index in [9.17, 15) is 0 Å². The number of aromatic nitrogens is 3. The summed E-state index contributed by atoms with van der Waals surface area (Å²) in [6.45, 7) is 7.45. The van der Waals surface area contributed by atoms with Gasteiger partial charge in [-0.3, -0.25) is 4.57 Å². The predicted octanol–water partition coefficient (Wildman–Crippen LogP) is 11.8. The Bertz CT molecular complexity index is 2880. The van der Waals surface area contributed by atoms with E-state index >= 15 is 0 Å². The third-order valence-corrected chi connectivity index (χ3v) is 10.5. The van der Waals surface area contributed by atoms with Crippen molar-refractivity contribution in [3.8, 4) is 28.6 Å². The molecule has 7 nitrogen and oxygen atoms in total. The molecule has 5 aromatic carbocycles. The number of benzene rings is 5. The van der Waals surface area contributed by atoms with Crippen molar-refractivity contribution in [1.29, 1.82) is 0 Å². The number of fused-ring (bicyclic) bond motifs is 7. The third kappa shape index (κ3) is 5.11. The van der Waals surface area contributed by atoms with E-state index in [1.54, 1.807) is 0 Å². The Hall–Kier alpha value is -6.60. The molecule has 0 N–H and O–H groups in total. The molecule has 0 atom stereocenters. The molecule has 5 heterocycles. The second-order valence-corrected chi connectivity index (χ2v) is 14.9. The summed E-state index contributed by atoms with van der Waals surface area (Å²) in [5, 5.41) is 4.46. The largest absolute Gasteiger partial charge is 0.455 e. The van der Waals surface area contributed by atoms with E-state index in [4.69, 9.17) is 14.1 Å². The summed E-state index contributed by atoms with van der Waals surface area (Å²) in [7, 11) is 2.11. The molecular weight excluding hydrogens is 655 g/mol. The SMILES string of the molecule is CN1CN(c2ccnc(Oc3ccc4c5cc(-c6cccc7c6oc6ccccc67)ccc5n(-c5cc(C(C)(C)C)ccn5)c4c3)c2)c2ccccc21. The van der Waals surface area contributed by atoms with Gasteiger partial charge in [-0.2, -0.15) is 0 Å². The average Bonchev–Trinajstić information content (AvgIpc) is 3.83. The molecule has 0 spiro atoms. The Morgan fingerprint density at radius 2 is 1.47 bits per heavy atom. The number of furan rings is 1. The molecule has 10 rings (SSSR count). The smallest absolute Gasteiger partial charge is 0.221 e. The summed E-state index contributed by atoms with van der Waals surface area (Å²) in [5.74, 6) is 2.09. The van der Waals surface area contributed by atoms with Gasteiger partial charge in [-0.1, -0.05) is 75.4 Å². The summed E-state index contributed by atoms with van der Waals surface area (Å²) in [4.78, 5) is 14.1. The Morgan fingerprint density at radius 1 is 0.660 bits per heavy atom. The standard InChI is InChI=1S/C46H37N5O2/c1-46(2,3)30-20-22-47-43(25-30)51-38-19-16-29(33-11-9-12-36-35-10-5-8-15-42(35)53-45(33)36)24-37(38)34-18-17-32(27-41(34)51)52-44-26-31(21-23-48-44)50-28-49(4)39-13-6-7-14-40(39)50/h5-27H,28H2,1-4H3. The van der Waals surface area contributed by atoms with Crippen LogP contribution in [0.15, 0.2) is 144 Å². The number of rotatable bonds is 5. The lowest BCUT2D eigenvalue weighted by Gasteiger charge is -2.20. The quantitative estimate of drug-likeness (QED) is 0.179. The zero-order chi connectivity index (χ0) is 35.8. The first kappa shape index (κ1) is 31.2. The fourth-order valence-corrected chi connectivity index (χ4v) is 7.80. The van der Waals surface area contributed by atoms with Gasteiger partial charge in [-0.15, -0.1) is 0 Å². The van der Waals surface area contributed by atoms with Crippen molar-refractivity contribution in [3.05, 3.63) is 145 Å². The number of nitrogens with zero attached hydrogens (tertiary/aromatic N) is 5. The second-order valence-electron chi connectivity index (χ2n) is 14.9. The highest BCUT2D eigenvalue weighted by Crippen LogP contribution is 2.42. The van der Waals surface area contributed by atoms with Gasteiger partial charge < -0.3 is 19.0 Å². The first-order valence-electron chi connectivity index (χ1n) is 18.0. The average molecular weight is 692 g/mol. The first-order valence-corrected chi connectivity index (χ1v) is 18.0. The molecule has 9 aromatic rings. The van der Waals surface area contributed by atoms with Crippen LogP contribution < -0.4 is 14.5 Å². The van der Waals surface area contributed by atoms with Crippen molar-refractivity contribution in [2.45, 2.75) is 26.2 Å². The second kappa shape index (κ2) is 11.7. The van der Waals surface area contributed by atoms with E-state index in [1.165, 1.54) is 16.9 Å². The molecule has 53 heavy (non-hydrogen) atoms. The van der Waals surface area contributed by atoms with Gasteiger partial charge in [0.1, 0.15) is 22.7 Å². The molecule has 7 heteroatoms. The van der Waals surface area contributed by atoms with E-state index in [0.717, 1.165) is 73.0 Å². The molecule has 0 fully saturated rings. The van der Waals surface area contributed by atoms with E-state index in [2.05, 4.69) is 144 Å². The van der Waals surface area contributed by atoms with Gasteiger partial charge in [-0.05, 0) is 77.2 Å². The van der Waals surface area contributed by atoms with Crippen molar-refractivity contribution < 1.29 is 9.15 Å². The molecule has 4 aromatic heterocycles. The number of pyridine rings is 2. The van der Waals surface area contributed by atoms with Crippen LogP contribution in [0.3, 0.4) is 0 Å². The van der Waals surface area contributed by atoms with Gasteiger partial charge in [0, 0.05) is 64.4 Å². The maximum absolute atomic E-state index is 6.54. The molecule has 0 saturated heterocycles. The van der Waals surface area contributed by atoms with Crippen LogP contribution in [-0.4, -0.2) is 28.3 Å². The van der Waals surface area contributed by atoms with Crippen LogP contribution >= 0.6 is 0 Å². The van der Waals surface area contributed by atoms with Gasteiger partial charge in [-0.25, -0.2) is 9.97 Å². The summed E-state index contributed by atoms with van der Waals surface area (Å²) in [6, 6.07) is 44.4. The highest BCUT2D eigenvalue weighted by atomic mass is 16.5. The lowest BCUT2D eigenvalue weighted by molar-refractivity contribution is 0.463. The monoisotopic (exact) mass is 691 g/mol. The summed E-state index contributed by atoms with van der Waals surface area (Å²) in [6.07, 6.45) is 3.72. The first-order chi connectivity index (χ1) is 25.8. The molecule has 0 bridgehead atoms.